The Morgan fingerprint density at radius 2 is 2.04 bits per heavy atom. The Bertz CT molecular complexity index is 879. The van der Waals surface area contributed by atoms with Crippen molar-refractivity contribution < 1.29 is 4.79 Å². The van der Waals surface area contributed by atoms with Crippen LogP contribution >= 0.6 is 11.3 Å². The quantitative estimate of drug-likeness (QED) is 0.776. The van der Waals surface area contributed by atoms with E-state index >= 15 is 0 Å². The van der Waals surface area contributed by atoms with Gasteiger partial charge in [0.25, 0.3) is 5.91 Å². The number of nitrogens with zero attached hydrogens (tertiary/aromatic N) is 4. The van der Waals surface area contributed by atoms with Gasteiger partial charge in [0.15, 0.2) is 10.8 Å². The number of piperidine rings is 1. The summed E-state index contributed by atoms with van der Waals surface area (Å²) in [6.45, 7) is 1.46. The van der Waals surface area contributed by atoms with Crippen LogP contribution < -0.4 is 5.73 Å². The van der Waals surface area contributed by atoms with E-state index in [1.807, 2.05) is 17.0 Å². The predicted molar refractivity (Wildman–Crippen MR) is 93.9 cm³/mol. The van der Waals surface area contributed by atoms with Crippen molar-refractivity contribution in [2.24, 2.45) is 0 Å². The summed E-state index contributed by atoms with van der Waals surface area (Å²) in [7, 11) is 0. The molecule has 0 radical (unpaired) electrons. The number of carbonyl (C=O) groups excluding carboxylic acids is 1. The van der Waals surface area contributed by atoms with Crippen molar-refractivity contribution in [3.05, 3.63) is 47.9 Å². The second-order valence-corrected chi connectivity index (χ2v) is 7.00. The lowest BCUT2D eigenvalue weighted by Crippen LogP contribution is -2.39. The molecule has 1 amide bonds. The third kappa shape index (κ3) is 2.82. The molecule has 24 heavy (non-hydrogen) atoms. The highest BCUT2D eigenvalue weighted by atomic mass is 32.1. The number of amides is 1. The molecule has 0 spiro atoms. The van der Waals surface area contributed by atoms with Gasteiger partial charge in [-0.2, -0.15) is 0 Å². The first kappa shape index (κ1) is 15.0. The van der Waals surface area contributed by atoms with Crippen LogP contribution in [-0.4, -0.2) is 38.8 Å². The number of hydrogen-bond acceptors (Lipinski definition) is 6. The van der Waals surface area contributed by atoms with E-state index in [-0.39, 0.29) is 11.8 Å². The number of nitrogen functional groups attached to an aromatic ring is 1. The van der Waals surface area contributed by atoms with Crippen LogP contribution in [-0.2, 0) is 0 Å². The maximum Gasteiger partial charge on any atom is 0.253 e. The van der Waals surface area contributed by atoms with Crippen molar-refractivity contribution in [3.63, 3.8) is 0 Å². The van der Waals surface area contributed by atoms with Crippen molar-refractivity contribution in [1.29, 1.82) is 0 Å². The van der Waals surface area contributed by atoms with Crippen LogP contribution in [0, 0.1) is 0 Å². The van der Waals surface area contributed by atoms with Gasteiger partial charge in [-0.3, -0.25) is 9.78 Å². The van der Waals surface area contributed by atoms with Crippen LogP contribution in [0.4, 0.5) is 5.13 Å². The number of nitrogens with two attached hydrogens (primary N) is 1. The van der Waals surface area contributed by atoms with Gasteiger partial charge < -0.3 is 10.6 Å². The van der Waals surface area contributed by atoms with Crippen LogP contribution in [0.25, 0.3) is 10.3 Å². The Morgan fingerprint density at radius 1 is 1.21 bits per heavy atom. The first-order valence-electron chi connectivity index (χ1n) is 7.93. The molecule has 4 heterocycles. The Balaban J connectivity index is 1.56. The number of thiazole rings is 1. The summed E-state index contributed by atoms with van der Waals surface area (Å²) in [6.07, 6.45) is 5.30. The topological polar surface area (TPSA) is 85.0 Å². The van der Waals surface area contributed by atoms with Crippen molar-refractivity contribution in [2.45, 2.75) is 18.8 Å². The van der Waals surface area contributed by atoms with E-state index in [9.17, 15) is 4.79 Å². The molecule has 0 aliphatic carbocycles. The fourth-order valence-electron chi connectivity index (χ4n) is 3.16. The summed E-state index contributed by atoms with van der Waals surface area (Å²) < 4.78 is 0.997. The number of rotatable bonds is 2. The van der Waals surface area contributed by atoms with Gasteiger partial charge in [-0.05, 0) is 37.1 Å². The lowest BCUT2D eigenvalue weighted by atomic mass is 9.94. The fraction of sp³-hybridized carbons (Fsp3) is 0.294. The normalized spacial score (nSPS) is 18.0. The van der Waals surface area contributed by atoms with Gasteiger partial charge >= 0.3 is 0 Å². The minimum absolute atomic E-state index is 0.0566. The largest absolute Gasteiger partial charge is 0.375 e. The Morgan fingerprint density at radius 3 is 2.88 bits per heavy atom. The maximum absolute atomic E-state index is 12.6. The van der Waals surface area contributed by atoms with E-state index in [0.29, 0.717) is 22.9 Å². The smallest absolute Gasteiger partial charge is 0.253 e. The molecule has 122 valence electrons. The maximum atomic E-state index is 12.6. The third-order valence-electron chi connectivity index (χ3n) is 4.35. The monoisotopic (exact) mass is 339 g/mol. The third-order valence-corrected chi connectivity index (χ3v) is 5.18. The van der Waals surface area contributed by atoms with Crippen molar-refractivity contribution in [2.75, 3.05) is 18.8 Å². The molecule has 1 saturated heterocycles. The number of anilines is 1. The number of hydrogen-bond donors (Lipinski definition) is 1. The minimum atomic E-state index is 0.0566. The van der Waals surface area contributed by atoms with Crippen LogP contribution in [0.15, 0.2) is 36.7 Å². The van der Waals surface area contributed by atoms with Gasteiger partial charge in [0, 0.05) is 42.7 Å². The van der Waals surface area contributed by atoms with E-state index in [0.717, 1.165) is 29.8 Å². The molecule has 1 unspecified atom stereocenters. The zero-order valence-corrected chi connectivity index (χ0v) is 13.9. The average molecular weight is 339 g/mol. The molecule has 1 atom stereocenters. The Labute approximate surface area is 143 Å². The SMILES string of the molecule is Nc1nc2nc(C3CCCN(C(=O)c4ccncc4)C3)ccc2s1. The second kappa shape index (κ2) is 6.16. The van der Waals surface area contributed by atoms with Crippen LogP contribution in [0.5, 0.6) is 0 Å². The number of carbonyl (C=O) groups is 1. The average Bonchev–Trinajstić information content (AvgIpc) is 3.01. The highest BCUT2D eigenvalue weighted by molar-refractivity contribution is 7.21. The Kier molecular flexibility index (Phi) is 3.86. The van der Waals surface area contributed by atoms with Gasteiger partial charge in [0.2, 0.25) is 0 Å². The van der Waals surface area contributed by atoms with Gasteiger partial charge in [-0.15, -0.1) is 0 Å². The van der Waals surface area contributed by atoms with Crippen LogP contribution in [0.1, 0.15) is 34.8 Å². The van der Waals surface area contributed by atoms with Crippen LogP contribution in [0.2, 0.25) is 0 Å². The zero-order valence-electron chi connectivity index (χ0n) is 13.1. The lowest BCUT2D eigenvalue weighted by Gasteiger charge is -2.32. The molecule has 3 aromatic rings. The molecule has 1 aliphatic rings. The number of pyridine rings is 2. The summed E-state index contributed by atoms with van der Waals surface area (Å²) in [5.74, 6) is 0.290. The summed E-state index contributed by atoms with van der Waals surface area (Å²) in [6, 6.07) is 7.57. The first-order chi connectivity index (χ1) is 11.7. The zero-order chi connectivity index (χ0) is 16.5. The van der Waals surface area contributed by atoms with Gasteiger partial charge in [-0.25, -0.2) is 9.97 Å². The molecule has 6 nitrogen and oxygen atoms in total. The molecule has 0 saturated carbocycles. The van der Waals surface area contributed by atoms with Crippen molar-refractivity contribution >= 4 is 32.7 Å². The lowest BCUT2D eigenvalue weighted by molar-refractivity contribution is 0.0706. The van der Waals surface area contributed by atoms with Crippen molar-refractivity contribution in [3.8, 4) is 0 Å². The standard InChI is InChI=1S/C17H17N5OS/c18-17-21-15-14(24-17)4-3-13(20-15)12-2-1-9-22(10-12)16(23)11-5-7-19-8-6-11/h3-8,12H,1-2,9-10H2,(H2,18,20,21). The van der Waals surface area contributed by atoms with Crippen LogP contribution in [0.3, 0.4) is 0 Å². The molecule has 2 N–H and O–H groups in total. The van der Waals surface area contributed by atoms with E-state index in [1.54, 1.807) is 24.5 Å². The summed E-state index contributed by atoms with van der Waals surface area (Å²) in [4.78, 5) is 27.4. The molecular weight excluding hydrogens is 322 g/mol. The number of likely N-dealkylation sites (tertiary alicyclic amines) is 1. The molecule has 0 bridgehead atoms. The van der Waals surface area contributed by atoms with E-state index in [1.165, 1.54) is 11.3 Å². The first-order valence-corrected chi connectivity index (χ1v) is 8.74. The van der Waals surface area contributed by atoms with Gasteiger partial charge in [-0.1, -0.05) is 11.3 Å². The van der Waals surface area contributed by atoms with Crippen molar-refractivity contribution in [1.82, 2.24) is 19.9 Å². The number of aromatic nitrogens is 3. The van der Waals surface area contributed by atoms with E-state index < -0.39 is 0 Å². The fourth-order valence-corrected chi connectivity index (χ4v) is 3.83. The second-order valence-electron chi connectivity index (χ2n) is 5.94. The van der Waals surface area contributed by atoms with E-state index in [4.69, 9.17) is 5.73 Å². The molecule has 4 rings (SSSR count). The van der Waals surface area contributed by atoms with Gasteiger partial charge in [0.1, 0.15) is 0 Å². The highest BCUT2D eigenvalue weighted by Gasteiger charge is 2.26. The predicted octanol–water partition coefficient (Wildman–Crippen LogP) is 2.69. The summed E-state index contributed by atoms with van der Waals surface area (Å²) >= 11 is 1.44. The summed E-state index contributed by atoms with van der Waals surface area (Å²) in [5.41, 5.74) is 8.12. The highest BCUT2D eigenvalue weighted by Crippen LogP contribution is 2.29. The molecule has 0 aromatic carbocycles. The number of fused-ring (bicyclic) bond motifs is 1. The van der Waals surface area contributed by atoms with Gasteiger partial charge in [0.05, 0.1) is 4.70 Å². The molecule has 1 aliphatic heterocycles. The summed E-state index contributed by atoms with van der Waals surface area (Å²) in [5, 5.41) is 0.535. The molecule has 1 fully saturated rings. The molecule has 3 aromatic heterocycles. The minimum Gasteiger partial charge on any atom is -0.375 e. The molecule has 7 heteroatoms. The van der Waals surface area contributed by atoms with E-state index in [2.05, 4.69) is 15.0 Å². The Hall–Kier alpha value is -2.54. The molecular formula is C17H17N5OS.